The number of nitrogens with zero attached hydrogens (tertiary/aromatic N) is 1. The number of benzene rings is 2. The Labute approximate surface area is 196 Å². The van der Waals surface area contributed by atoms with Crippen LogP contribution in [0.15, 0.2) is 42.5 Å². The number of hydrogen-bond donors (Lipinski definition) is 1. The van der Waals surface area contributed by atoms with E-state index in [0.717, 1.165) is 0 Å². The maximum absolute atomic E-state index is 13.5. The lowest BCUT2D eigenvalue weighted by Crippen LogP contribution is -2.51. The summed E-state index contributed by atoms with van der Waals surface area (Å²) in [5.41, 5.74) is 3.39. The largest absolute Gasteiger partial charge is 0.416 e. The van der Waals surface area contributed by atoms with E-state index >= 15 is 0 Å². The number of piperidine rings is 1. The van der Waals surface area contributed by atoms with Crippen molar-refractivity contribution in [3.05, 3.63) is 70.5 Å². The number of hydrogen-bond acceptors (Lipinski definition) is 3. The predicted molar refractivity (Wildman–Crippen MR) is 112 cm³/mol. The Bertz CT molecular complexity index is 1050. The van der Waals surface area contributed by atoms with Gasteiger partial charge in [-0.2, -0.15) is 26.3 Å². The van der Waals surface area contributed by atoms with Gasteiger partial charge in [0.15, 0.2) is 0 Å². The van der Waals surface area contributed by atoms with Crippen LogP contribution in [0.1, 0.15) is 54.0 Å². The monoisotopic (exact) mass is 504 g/mol. The van der Waals surface area contributed by atoms with Gasteiger partial charge in [0.2, 0.25) is 5.91 Å². The molecule has 0 saturated carbocycles. The molecule has 2 aliphatic rings. The van der Waals surface area contributed by atoms with Gasteiger partial charge >= 0.3 is 12.4 Å². The smallest absolute Gasteiger partial charge is 0.368 e. The van der Waals surface area contributed by atoms with Crippen molar-refractivity contribution < 1.29 is 40.3 Å². The van der Waals surface area contributed by atoms with E-state index in [1.165, 1.54) is 31.2 Å². The van der Waals surface area contributed by atoms with E-state index < -0.39 is 53.5 Å². The van der Waals surface area contributed by atoms with Crippen molar-refractivity contribution in [2.75, 3.05) is 6.54 Å². The summed E-state index contributed by atoms with van der Waals surface area (Å²) in [5, 5.41) is 0. The van der Waals surface area contributed by atoms with E-state index in [4.69, 9.17) is 10.5 Å². The molecule has 4 rings (SSSR count). The van der Waals surface area contributed by atoms with Gasteiger partial charge in [-0.25, -0.2) is 4.39 Å². The highest BCUT2D eigenvalue weighted by Gasteiger charge is 2.49. The molecule has 190 valence electrons. The molecular formula is C24H23F7N2O2. The minimum atomic E-state index is -4.98. The number of amides is 1. The molecular weight excluding hydrogens is 481 g/mol. The molecule has 2 aliphatic heterocycles. The van der Waals surface area contributed by atoms with Crippen molar-refractivity contribution in [2.45, 2.75) is 62.3 Å². The number of ether oxygens (including phenoxy) is 1. The molecule has 2 aromatic rings. The molecule has 35 heavy (non-hydrogen) atoms. The van der Waals surface area contributed by atoms with E-state index in [-0.39, 0.29) is 30.1 Å². The second kappa shape index (κ2) is 9.09. The first-order valence-corrected chi connectivity index (χ1v) is 11.0. The van der Waals surface area contributed by atoms with Gasteiger partial charge in [0.25, 0.3) is 0 Å². The number of fused-ring (bicyclic) bond motifs is 1. The van der Waals surface area contributed by atoms with Gasteiger partial charge in [0.05, 0.1) is 29.4 Å². The molecule has 4 nitrogen and oxygen atoms in total. The highest BCUT2D eigenvalue weighted by atomic mass is 19.4. The number of alkyl halides is 6. The number of carbonyl (C=O) groups is 1. The fourth-order valence-corrected chi connectivity index (χ4v) is 4.96. The molecule has 0 bridgehead atoms. The second-order valence-electron chi connectivity index (χ2n) is 8.98. The summed E-state index contributed by atoms with van der Waals surface area (Å²) in [5.74, 6) is -1.23. The first-order valence-electron chi connectivity index (χ1n) is 11.0. The van der Waals surface area contributed by atoms with Crippen LogP contribution in [-0.2, 0) is 21.9 Å². The molecule has 1 amide bonds. The molecule has 11 heteroatoms. The molecule has 0 aromatic heterocycles. The van der Waals surface area contributed by atoms with E-state index in [1.54, 1.807) is 4.90 Å². The fraction of sp³-hybridized carbons (Fsp3) is 0.458. The van der Waals surface area contributed by atoms with Crippen molar-refractivity contribution in [2.24, 2.45) is 5.73 Å². The fourth-order valence-electron chi connectivity index (χ4n) is 4.96. The molecule has 2 aromatic carbocycles. The topological polar surface area (TPSA) is 55.6 Å². The molecule has 2 heterocycles. The van der Waals surface area contributed by atoms with Gasteiger partial charge < -0.3 is 15.4 Å². The van der Waals surface area contributed by atoms with Gasteiger partial charge in [-0.15, -0.1) is 0 Å². The zero-order valence-electron chi connectivity index (χ0n) is 18.5. The number of nitrogens with two attached hydrogens (primary N) is 1. The Morgan fingerprint density at radius 1 is 0.971 bits per heavy atom. The minimum Gasteiger partial charge on any atom is -0.368 e. The summed E-state index contributed by atoms with van der Waals surface area (Å²) in [6, 6.07) is 5.87. The highest BCUT2D eigenvalue weighted by molar-refractivity contribution is 5.83. The van der Waals surface area contributed by atoms with Crippen LogP contribution >= 0.6 is 0 Å². The molecule has 0 spiro atoms. The molecule has 2 N–H and O–H groups in total. The molecule has 5 atom stereocenters. The van der Waals surface area contributed by atoms with E-state index in [1.807, 2.05) is 0 Å². The second-order valence-corrected chi connectivity index (χ2v) is 8.98. The number of rotatable bonds is 4. The Morgan fingerprint density at radius 3 is 2.09 bits per heavy atom. The normalized spacial score (nSPS) is 26.1. The van der Waals surface area contributed by atoms with Crippen molar-refractivity contribution in [1.82, 2.24) is 4.90 Å². The van der Waals surface area contributed by atoms with Crippen LogP contribution in [0.4, 0.5) is 30.7 Å². The van der Waals surface area contributed by atoms with Crippen LogP contribution in [0.3, 0.4) is 0 Å². The average molecular weight is 504 g/mol. The van der Waals surface area contributed by atoms with Gasteiger partial charge in [-0.3, -0.25) is 4.79 Å². The zero-order chi connectivity index (χ0) is 25.7. The predicted octanol–water partition coefficient (Wildman–Crippen LogP) is 5.43. The van der Waals surface area contributed by atoms with E-state index in [0.29, 0.717) is 30.5 Å². The summed E-state index contributed by atoms with van der Waals surface area (Å²) in [6.07, 6.45) is -10.9. The lowest BCUT2D eigenvalue weighted by atomic mass is 9.85. The Balaban J connectivity index is 1.68. The maximum Gasteiger partial charge on any atom is 0.416 e. The van der Waals surface area contributed by atoms with Crippen LogP contribution in [0.25, 0.3) is 0 Å². The lowest BCUT2D eigenvalue weighted by molar-refractivity contribution is -0.143. The summed E-state index contributed by atoms with van der Waals surface area (Å²) >= 11 is 0. The minimum absolute atomic E-state index is 0.0629. The molecule has 0 aliphatic carbocycles. The Morgan fingerprint density at radius 2 is 1.54 bits per heavy atom. The third-order valence-corrected chi connectivity index (χ3v) is 6.68. The van der Waals surface area contributed by atoms with Crippen molar-refractivity contribution >= 4 is 5.91 Å². The van der Waals surface area contributed by atoms with Crippen LogP contribution in [0.5, 0.6) is 0 Å². The van der Waals surface area contributed by atoms with Gasteiger partial charge in [-0.05, 0) is 61.2 Å². The van der Waals surface area contributed by atoms with Gasteiger partial charge in [-0.1, -0.05) is 12.1 Å². The average Bonchev–Trinajstić information content (AvgIpc) is 3.14. The number of carbonyl (C=O) groups excluding carboxylic acids is 1. The highest BCUT2D eigenvalue weighted by Crippen LogP contribution is 2.43. The SMILES string of the molecule is C[C@@H](O[C@H]1CN2C(=O)C(N)CCC2C1c1ccc(F)cc1)c1cc(C(F)(F)F)cc(C(F)(F)F)c1. The van der Waals surface area contributed by atoms with Crippen molar-refractivity contribution in [1.29, 1.82) is 0 Å². The Kier molecular flexibility index (Phi) is 6.60. The van der Waals surface area contributed by atoms with Gasteiger partial charge in [0, 0.05) is 18.5 Å². The third kappa shape index (κ3) is 5.16. The summed E-state index contributed by atoms with van der Waals surface area (Å²) in [4.78, 5) is 14.2. The Hall–Kier alpha value is -2.66. The lowest BCUT2D eigenvalue weighted by Gasteiger charge is -2.35. The molecule has 2 fully saturated rings. The van der Waals surface area contributed by atoms with E-state index in [2.05, 4.69) is 0 Å². The first-order chi connectivity index (χ1) is 16.3. The van der Waals surface area contributed by atoms with Crippen LogP contribution in [0, 0.1) is 5.82 Å². The van der Waals surface area contributed by atoms with Crippen LogP contribution in [0.2, 0.25) is 0 Å². The third-order valence-electron chi connectivity index (χ3n) is 6.68. The molecule has 0 radical (unpaired) electrons. The van der Waals surface area contributed by atoms with Crippen molar-refractivity contribution in [3.63, 3.8) is 0 Å². The standard InChI is InChI=1S/C24H23F7N2O2/c1-12(14-8-15(23(26,27)28)10-16(9-14)24(29,30)31)35-20-11-33-19(7-6-18(32)22(33)34)21(20)13-2-4-17(25)5-3-13/h2-5,8-10,12,18-21H,6-7,11,32H2,1H3/t12-,18?,19?,20+,21?/m1/s1. The van der Waals surface area contributed by atoms with Crippen molar-refractivity contribution in [3.8, 4) is 0 Å². The zero-order valence-corrected chi connectivity index (χ0v) is 18.5. The molecule has 3 unspecified atom stereocenters. The number of halogens is 7. The van der Waals surface area contributed by atoms with Crippen LogP contribution in [-0.4, -0.2) is 35.5 Å². The van der Waals surface area contributed by atoms with E-state index in [9.17, 15) is 35.5 Å². The van der Waals surface area contributed by atoms with Gasteiger partial charge in [0.1, 0.15) is 5.82 Å². The summed E-state index contributed by atoms with van der Waals surface area (Å²) in [6.45, 7) is 1.43. The first kappa shape index (κ1) is 25.4. The van der Waals surface area contributed by atoms with Crippen LogP contribution < -0.4 is 5.73 Å². The summed E-state index contributed by atoms with van der Waals surface area (Å²) in [7, 11) is 0. The maximum atomic E-state index is 13.5. The summed E-state index contributed by atoms with van der Waals surface area (Å²) < 4.78 is 99.4. The molecule has 2 saturated heterocycles. The quantitative estimate of drug-likeness (QED) is 0.566.